The van der Waals surface area contributed by atoms with Crippen molar-refractivity contribution in [2.45, 2.75) is 12.6 Å². The van der Waals surface area contributed by atoms with E-state index >= 15 is 0 Å². The van der Waals surface area contributed by atoms with Gasteiger partial charge in [0, 0.05) is 13.2 Å². The largest absolute Gasteiger partial charge is 0.504 e. The molecule has 0 aliphatic rings. The van der Waals surface area contributed by atoms with Crippen molar-refractivity contribution >= 4 is 5.91 Å². The second kappa shape index (κ2) is 6.69. The Hall–Kier alpha value is -2.55. The van der Waals surface area contributed by atoms with Gasteiger partial charge in [-0.25, -0.2) is 4.68 Å². The minimum absolute atomic E-state index is 0.125. The zero-order chi connectivity index (χ0) is 17.0. The Morgan fingerprint density at radius 2 is 2.00 bits per heavy atom. The fraction of sp³-hybridized carbons (Fsp3) is 0.286. The number of halogens is 3. The van der Waals surface area contributed by atoms with Crippen LogP contribution in [0, 0.1) is 0 Å². The summed E-state index contributed by atoms with van der Waals surface area (Å²) in [6, 6.07) is 4.69. The van der Waals surface area contributed by atoms with Crippen LogP contribution in [0.3, 0.4) is 0 Å². The standard InChI is InChI=1S/C14H14F3N3O3/c15-14(16,17)9-4-1-2-5-10(9)20-8-11(22)12(19-20)13(23)18-6-3-7-21/h1-2,4-5,8,21-22H,3,6-7H2,(H,18,23). The number of nitrogens with one attached hydrogen (secondary N) is 1. The predicted molar refractivity (Wildman–Crippen MR) is 74.3 cm³/mol. The molecule has 1 amide bonds. The number of para-hydroxylation sites is 1. The monoisotopic (exact) mass is 329 g/mol. The van der Waals surface area contributed by atoms with Gasteiger partial charge in [0.1, 0.15) is 0 Å². The lowest BCUT2D eigenvalue weighted by Crippen LogP contribution is -2.25. The highest BCUT2D eigenvalue weighted by atomic mass is 19.4. The number of aliphatic hydroxyl groups excluding tert-OH is 1. The van der Waals surface area contributed by atoms with E-state index in [0.717, 1.165) is 16.9 Å². The maximum atomic E-state index is 13.0. The number of alkyl halides is 3. The van der Waals surface area contributed by atoms with Gasteiger partial charge in [-0.15, -0.1) is 0 Å². The molecule has 0 unspecified atom stereocenters. The van der Waals surface area contributed by atoms with Crippen LogP contribution in [0.5, 0.6) is 5.75 Å². The van der Waals surface area contributed by atoms with E-state index in [4.69, 9.17) is 5.11 Å². The van der Waals surface area contributed by atoms with Crippen molar-refractivity contribution in [3.8, 4) is 11.4 Å². The Labute approximate surface area is 129 Å². The van der Waals surface area contributed by atoms with Gasteiger partial charge < -0.3 is 15.5 Å². The van der Waals surface area contributed by atoms with Crippen LogP contribution >= 0.6 is 0 Å². The number of hydrogen-bond acceptors (Lipinski definition) is 4. The number of benzene rings is 1. The van der Waals surface area contributed by atoms with Crippen LogP contribution in [-0.2, 0) is 6.18 Å². The minimum atomic E-state index is -4.60. The molecule has 3 N–H and O–H groups in total. The molecule has 0 saturated carbocycles. The average molecular weight is 329 g/mol. The third kappa shape index (κ3) is 3.81. The summed E-state index contributed by atoms with van der Waals surface area (Å²) in [5, 5.41) is 24.5. The first kappa shape index (κ1) is 16.8. The van der Waals surface area contributed by atoms with Gasteiger partial charge in [-0.1, -0.05) is 12.1 Å². The molecule has 124 valence electrons. The van der Waals surface area contributed by atoms with E-state index in [1.165, 1.54) is 18.2 Å². The van der Waals surface area contributed by atoms with Crippen molar-refractivity contribution in [2.24, 2.45) is 0 Å². The van der Waals surface area contributed by atoms with Crippen LogP contribution in [-0.4, -0.2) is 39.1 Å². The second-order valence-electron chi connectivity index (χ2n) is 4.66. The summed E-state index contributed by atoms with van der Waals surface area (Å²) in [6.45, 7) is 0.0282. The van der Waals surface area contributed by atoms with Gasteiger partial charge in [0.25, 0.3) is 5.91 Å². The molecule has 0 atom stereocenters. The number of rotatable bonds is 5. The van der Waals surface area contributed by atoms with Gasteiger partial charge in [0.15, 0.2) is 11.4 Å². The highest BCUT2D eigenvalue weighted by Crippen LogP contribution is 2.34. The topological polar surface area (TPSA) is 87.4 Å². The van der Waals surface area contributed by atoms with E-state index in [2.05, 4.69) is 10.4 Å². The highest BCUT2D eigenvalue weighted by Gasteiger charge is 2.34. The van der Waals surface area contributed by atoms with Gasteiger partial charge in [-0.3, -0.25) is 4.79 Å². The molecule has 0 bridgehead atoms. The van der Waals surface area contributed by atoms with Gasteiger partial charge in [0.05, 0.1) is 17.4 Å². The van der Waals surface area contributed by atoms with Crippen molar-refractivity contribution in [1.29, 1.82) is 0 Å². The molecule has 0 aliphatic heterocycles. The van der Waals surface area contributed by atoms with E-state index in [9.17, 15) is 23.1 Å². The SMILES string of the molecule is O=C(NCCCO)c1nn(-c2ccccc2C(F)(F)F)cc1O. The van der Waals surface area contributed by atoms with Gasteiger partial charge in [-0.05, 0) is 18.6 Å². The van der Waals surface area contributed by atoms with E-state index in [0.29, 0.717) is 6.42 Å². The lowest BCUT2D eigenvalue weighted by Gasteiger charge is -2.12. The maximum absolute atomic E-state index is 13.0. The molecule has 9 heteroatoms. The van der Waals surface area contributed by atoms with Crippen LogP contribution in [0.4, 0.5) is 13.2 Å². The Balaban J connectivity index is 2.33. The molecule has 0 fully saturated rings. The number of aromatic hydroxyl groups is 1. The molecule has 0 radical (unpaired) electrons. The number of amides is 1. The van der Waals surface area contributed by atoms with E-state index in [1.54, 1.807) is 0 Å². The Morgan fingerprint density at radius 3 is 2.65 bits per heavy atom. The average Bonchev–Trinajstić information content (AvgIpc) is 2.88. The molecule has 6 nitrogen and oxygen atoms in total. The number of aliphatic hydroxyl groups is 1. The van der Waals surface area contributed by atoms with Gasteiger partial charge in [0.2, 0.25) is 0 Å². The molecule has 1 aromatic heterocycles. The second-order valence-corrected chi connectivity index (χ2v) is 4.66. The number of aromatic nitrogens is 2. The molecule has 0 saturated heterocycles. The number of carbonyl (C=O) groups is 1. The van der Waals surface area contributed by atoms with Crippen molar-refractivity contribution in [2.75, 3.05) is 13.2 Å². The lowest BCUT2D eigenvalue weighted by atomic mass is 10.2. The molecular weight excluding hydrogens is 315 g/mol. The molecule has 0 aliphatic carbocycles. The quantitative estimate of drug-likeness (QED) is 0.729. The van der Waals surface area contributed by atoms with Gasteiger partial charge >= 0.3 is 6.18 Å². The molecule has 2 rings (SSSR count). The summed E-state index contributed by atoms with van der Waals surface area (Å²) in [4.78, 5) is 11.8. The smallest absolute Gasteiger partial charge is 0.418 e. The van der Waals surface area contributed by atoms with Crippen LogP contribution in [0.25, 0.3) is 5.69 Å². The fourth-order valence-corrected chi connectivity index (χ4v) is 1.93. The number of hydrogen-bond donors (Lipinski definition) is 3. The Kier molecular flexibility index (Phi) is 4.89. The number of nitrogens with zero attached hydrogens (tertiary/aromatic N) is 2. The highest BCUT2D eigenvalue weighted by molar-refractivity contribution is 5.94. The molecule has 23 heavy (non-hydrogen) atoms. The first-order valence-electron chi connectivity index (χ1n) is 6.69. The lowest BCUT2D eigenvalue weighted by molar-refractivity contribution is -0.137. The minimum Gasteiger partial charge on any atom is -0.504 e. The van der Waals surface area contributed by atoms with Crippen LogP contribution < -0.4 is 5.32 Å². The first-order valence-corrected chi connectivity index (χ1v) is 6.69. The normalized spacial score (nSPS) is 11.5. The summed E-state index contributed by atoms with van der Waals surface area (Å²) < 4.78 is 39.8. The van der Waals surface area contributed by atoms with Crippen molar-refractivity contribution < 1.29 is 28.2 Å². The van der Waals surface area contributed by atoms with E-state index in [-0.39, 0.29) is 24.5 Å². The summed E-state index contributed by atoms with van der Waals surface area (Å²) >= 11 is 0. The van der Waals surface area contributed by atoms with Crippen molar-refractivity contribution in [3.63, 3.8) is 0 Å². The molecule has 0 spiro atoms. The summed E-state index contributed by atoms with van der Waals surface area (Å²) in [5.74, 6) is -1.28. The van der Waals surface area contributed by atoms with Gasteiger partial charge in [-0.2, -0.15) is 18.3 Å². The molecule has 2 aromatic rings. The van der Waals surface area contributed by atoms with Crippen molar-refractivity contribution in [3.05, 3.63) is 41.7 Å². The zero-order valence-electron chi connectivity index (χ0n) is 11.8. The zero-order valence-corrected chi connectivity index (χ0v) is 11.8. The predicted octanol–water partition coefficient (Wildman–Crippen LogP) is 1.71. The maximum Gasteiger partial charge on any atom is 0.418 e. The van der Waals surface area contributed by atoms with Crippen LogP contribution in [0.2, 0.25) is 0 Å². The van der Waals surface area contributed by atoms with Crippen LogP contribution in [0.1, 0.15) is 22.5 Å². The van der Waals surface area contributed by atoms with Crippen molar-refractivity contribution in [1.82, 2.24) is 15.1 Å². The summed E-state index contributed by atoms with van der Waals surface area (Å²) in [6.07, 6.45) is -3.35. The molecule has 1 heterocycles. The third-order valence-electron chi connectivity index (χ3n) is 2.99. The van der Waals surface area contributed by atoms with E-state index in [1.807, 2.05) is 0 Å². The number of carbonyl (C=O) groups excluding carboxylic acids is 1. The van der Waals surface area contributed by atoms with Crippen LogP contribution in [0.15, 0.2) is 30.5 Å². The third-order valence-corrected chi connectivity index (χ3v) is 2.99. The fourth-order valence-electron chi connectivity index (χ4n) is 1.93. The Morgan fingerprint density at radius 1 is 1.30 bits per heavy atom. The Bertz CT molecular complexity index is 698. The van der Waals surface area contributed by atoms with E-state index < -0.39 is 23.4 Å². The first-order chi connectivity index (χ1) is 10.8. The summed E-state index contributed by atoms with van der Waals surface area (Å²) in [7, 11) is 0. The molecule has 1 aromatic carbocycles. The molecular formula is C14H14F3N3O3. The summed E-state index contributed by atoms with van der Waals surface area (Å²) in [5.41, 5.74) is -1.63.